The Morgan fingerprint density at radius 3 is 2.81 bits per heavy atom. The van der Waals surface area contributed by atoms with Gasteiger partial charge in [-0.2, -0.15) is 4.31 Å². The highest BCUT2D eigenvalue weighted by molar-refractivity contribution is 7.89. The highest BCUT2D eigenvalue weighted by Crippen LogP contribution is 2.34. The van der Waals surface area contributed by atoms with E-state index in [4.69, 9.17) is 0 Å². The van der Waals surface area contributed by atoms with E-state index in [2.05, 4.69) is 10.3 Å². The Morgan fingerprint density at radius 1 is 1.52 bits per heavy atom. The molecule has 1 N–H and O–H groups in total. The van der Waals surface area contributed by atoms with E-state index in [9.17, 15) is 8.42 Å². The predicted octanol–water partition coefficient (Wildman–Crippen LogP) is 2.25. The Hall–Kier alpha value is -1.12. The number of imidazole rings is 1. The molecule has 0 atom stereocenters. The molecule has 1 aliphatic carbocycles. The van der Waals surface area contributed by atoms with Crippen LogP contribution in [0.1, 0.15) is 26.7 Å². The molecule has 0 unspecified atom stereocenters. The molecule has 0 radical (unpaired) electrons. The van der Waals surface area contributed by atoms with Crippen molar-refractivity contribution < 1.29 is 8.42 Å². The number of thiazole rings is 1. The number of nitrogens with zero attached hydrogens (tertiary/aromatic N) is 3. The lowest BCUT2D eigenvalue weighted by Crippen LogP contribution is -2.39. The monoisotopic (exact) mass is 328 g/mol. The van der Waals surface area contributed by atoms with Gasteiger partial charge in [0, 0.05) is 31.2 Å². The summed E-state index contributed by atoms with van der Waals surface area (Å²) in [4.78, 5) is 5.05. The highest BCUT2D eigenvalue weighted by Gasteiger charge is 2.37. The second-order valence-corrected chi connectivity index (χ2v) is 8.36. The Kier molecular flexibility index (Phi) is 3.71. The van der Waals surface area contributed by atoms with E-state index in [1.165, 1.54) is 11.3 Å². The van der Waals surface area contributed by atoms with Gasteiger partial charge in [0.05, 0.1) is 0 Å². The summed E-state index contributed by atoms with van der Waals surface area (Å²) >= 11 is 1.43. The molecular weight excluding hydrogens is 308 g/mol. The Morgan fingerprint density at radius 2 is 2.24 bits per heavy atom. The number of nitrogens with one attached hydrogen (secondary N) is 1. The van der Waals surface area contributed by atoms with E-state index in [0.29, 0.717) is 23.2 Å². The van der Waals surface area contributed by atoms with Gasteiger partial charge in [-0.3, -0.25) is 4.40 Å². The minimum absolute atomic E-state index is 0.0653. The van der Waals surface area contributed by atoms with E-state index in [1.54, 1.807) is 22.0 Å². The van der Waals surface area contributed by atoms with Crippen molar-refractivity contribution in [2.75, 3.05) is 18.9 Å². The fourth-order valence-electron chi connectivity index (χ4n) is 2.43. The van der Waals surface area contributed by atoms with Crippen LogP contribution in [-0.4, -0.2) is 41.7 Å². The Bertz CT molecular complexity index is 743. The number of hydrogen-bond acceptors (Lipinski definition) is 5. The number of anilines is 1. The van der Waals surface area contributed by atoms with Crippen LogP contribution in [0.25, 0.3) is 4.96 Å². The molecule has 3 rings (SSSR count). The summed E-state index contributed by atoms with van der Waals surface area (Å²) in [6.45, 7) is 4.44. The summed E-state index contributed by atoms with van der Waals surface area (Å²) < 4.78 is 29.5. The first-order valence-corrected chi connectivity index (χ1v) is 9.42. The molecule has 0 saturated heterocycles. The minimum atomic E-state index is -3.57. The van der Waals surface area contributed by atoms with Crippen LogP contribution in [0.4, 0.5) is 5.82 Å². The quantitative estimate of drug-likeness (QED) is 0.883. The zero-order chi connectivity index (χ0) is 15.2. The summed E-state index contributed by atoms with van der Waals surface area (Å²) in [6, 6.07) is -0.0653. The molecule has 1 aliphatic rings. The SMILES string of the molecule is CNc1nc2sccn2c1S(=O)(=O)N(CC1CC1)C(C)C. The van der Waals surface area contributed by atoms with Crippen LogP contribution in [0.3, 0.4) is 0 Å². The summed E-state index contributed by atoms with van der Waals surface area (Å²) in [7, 11) is -1.87. The van der Waals surface area contributed by atoms with Gasteiger partial charge in [0.2, 0.25) is 0 Å². The molecule has 116 valence electrons. The third-order valence-electron chi connectivity index (χ3n) is 3.72. The van der Waals surface area contributed by atoms with E-state index >= 15 is 0 Å². The van der Waals surface area contributed by atoms with Crippen molar-refractivity contribution in [3.8, 4) is 0 Å². The zero-order valence-electron chi connectivity index (χ0n) is 12.4. The third-order valence-corrected chi connectivity index (χ3v) is 6.54. The maximum Gasteiger partial charge on any atom is 0.263 e. The van der Waals surface area contributed by atoms with Gasteiger partial charge in [0.1, 0.15) is 0 Å². The molecule has 0 amide bonds. The molecule has 0 aliphatic heterocycles. The summed E-state index contributed by atoms with van der Waals surface area (Å²) in [5.41, 5.74) is 0. The molecule has 6 nitrogen and oxygen atoms in total. The first-order valence-electron chi connectivity index (χ1n) is 7.10. The highest BCUT2D eigenvalue weighted by atomic mass is 32.2. The molecule has 1 fully saturated rings. The van der Waals surface area contributed by atoms with Crippen LogP contribution in [-0.2, 0) is 10.0 Å². The summed E-state index contributed by atoms with van der Waals surface area (Å²) in [5, 5.41) is 5.00. The van der Waals surface area contributed by atoms with E-state index in [0.717, 1.165) is 12.8 Å². The second-order valence-electron chi connectivity index (χ2n) is 5.68. The Labute approximate surface area is 128 Å². The molecule has 2 heterocycles. The largest absolute Gasteiger partial charge is 0.371 e. The average molecular weight is 328 g/mol. The Balaban J connectivity index is 2.10. The molecule has 0 aromatic carbocycles. The molecule has 21 heavy (non-hydrogen) atoms. The standard InChI is InChI=1S/C13H20N4O2S2/c1-9(2)17(8-10-4-5-10)21(18,19)12-11(14-3)15-13-16(12)6-7-20-13/h6-7,9-10,14H,4-5,8H2,1-3H3. The lowest BCUT2D eigenvalue weighted by Gasteiger charge is -2.25. The van der Waals surface area contributed by atoms with Gasteiger partial charge < -0.3 is 5.32 Å². The van der Waals surface area contributed by atoms with Crippen LogP contribution >= 0.6 is 11.3 Å². The normalized spacial score (nSPS) is 16.2. The third kappa shape index (κ3) is 2.56. The topological polar surface area (TPSA) is 66.7 Å². The zero-order valence-corrected chi connectivity index (χ0v) is 14.0. The van der Waals surface area contributed by atoms with Crippen molar-refractivity contribution in [3.63, 3.8) is 0 Å². The van der Waals surface area contributed by atoms with Crippen LogP contribution in [0, 0.1) is 5.92 Å². The molecule has 8 heteroatoms. The average Bonchev–Trinajstić information content (AvgIpc) is 3.00. The molecular formula is C13H20N4O2S2. The minimum Gasteiger partial charge on any atom is -0.371 e. The van der Waals surface area contributed by atoms with E-state index in [-0.39, 0.29) is 11.1 Å². The molecule has 1 saturated carbocycles. The van der Waals surface area contributed by atoms with Crippen molar-refractivity contribution in [2.45, 2.75) is 37.8 Å². The first-order chi connectivity index (χ1) is 9.95. The number of rotatable bonds is 6. The van der Waals surface area contributed by atoms with Crippen LogP contribution in [0.2, 0.25) is 0 Å². The van der Waals surface area contributed by atoms with Gasteiger partial charge in [0.15, 0.2) is 15.8 Å². The van der Waals surface area contributed by atoms with E-state index in [1.807, 2.05) is 19.2 Å². The fourth-order valence-corrected chi connectivity index (χ4v) is 5.17. The smallest absolute Gasteiger partial charge is 0.263 e. The predicted molar refractivity (Wildman–Crippen MR) is 84.4 cm³/mol. The number of aromatic nitrogens is 2. The molecule has 2 aromatic heterocycles. The van der Waals surface area contributed by atoms with Crippen LogP contribution in [0.15, 0.2) is 16.6 Å². The van der Waals surface area contributed by atoms with Gasteiger partial charge in [-0.15, -0.1) is 11.3 Å². The lowest BCUT2D eigenvalue weighted by molar-refractivity contribution is 0.340. The first kappa shape index (κ1) is 14.8. The van der Waals surface area contributed by atoms with Crippen LogP contribution in [0.5, 0.6) is 0 Å². The van der Waals surface area contributed by atoms with Gasteiger partial charge >= 0.3 is 0 Å². The molecule has 2 aromatic rings. The van der Waals surface area contributed by atoms with Gasteiger partial charge in [-0.05, 0) is 32.6 Å². The lowest BCUT2D eigenvalue weighted by atomic mass is 10.3. The molecule has 0 spiro atoms. The van der Waals surface area contributed by atoms with E-state index < -0.39 is 10.0 Å². The fraction of sp³-hybridized carbons (Fsp3) is 0.615. The summed E-state index contributed by atoms with van der Waals surface area (Å²) in [6.07, 6.45) is 4.01. The van der Waals surface area contributed by atoms with Crippen molar-refractivity contribution in [2.24, 2.45) is 5.92 Å². The van der Waals surface area contributed by atoms with Crippen molar-refractivity contribution in [1.82, 2.24) is 13.7 Å². The van der Waals surface area contributed by atoms with Crippen molar-refractivity contribution in [3.05, 3.63) is 11.6 Å². The van der Waals surface area contributed by atoms with Gasteiger partial charge in [-0.25, -0.2) is 13.4 Å². The maximum absolute atomic E-state index is 13.1. The number of fused-ring (bicyclic) bond motifs is 1. The van der Waals surface area contributed by atoms with Gasteiger partial charge in [0.25, 0.3) is 10.0 Å². The number of sulfonamides is 1. The second kappa shape index (κ2) is 5.26. The van der Waals surface area contributed by atoms with Crippen molar-refractivity contribution in [1.29, 1.82) is 0 Å². The van der Waals surface area contributed by atoms with Gasteiger partial charge in [-0.1, -0.05) is 0 Å². The number of hydrogen-bond donors (Lipinski definition) is 1. The van der Waals surface area contributed by atoms with Crippen LogP contribution < -0.4 is 5.32 Å². The molecule has 0 bridgehead atoms. The summed E-state index contributed by atoms with van der Waals surface area (Å²) in [5.74, 6) is 0.925. The maximum atomic E-state index is 13.1. The van der Waals surface area contributed by atoms with Crippen molar-refractivity contribution >= 4 is 32.1 Å².